The van der Waals surface area contributed by atoms with E-state index in [9.17, 15) is 4.79 Å². The third kappa shape index (κ3) is 3.68. The summed E-state index contributed by atoms with van der Waals surface area (Å²) >= 11 is 1.41. The molecule has 2 aromatic rings. The summed E-state index contributed by atoms with van der Waals surface area (Å²) in [6.07, 6.45) is 0. The largest absolute Gasteiger partial charge is 0.495 e. The van der Waals surface area contributed by atoms with Gasteiger partial charge < -0.3 is 15.8 Å². The number of methoxy groups -OCH3 is 1. The van der Waals surface area contributed by atoms with Gasteiger partial charge in [0.25, 0.3) is 0 Å². The van der Waals surface area contributed by atoms with Gasteiger partial charge in [-0.15, -0.1) is 11.8 Å². The minimum atomic E-state index is -0.0947. The first kappa shape index (κ1) is 14.3. The number of para-hydroxylation sites is 3. The van der Waals surface area contributed by atoms with Crippen molar-refractivity contribution in [1.29, 1.82) is 0 Å². The highest BCUT2D eigenvalue weighted by Crippen LogP contribution is 2.26. The lowest BCUT2D eigenvalue weighted by Crippen LogP contribution is -2.14. The number of benzene rings is 2. The molecular weight excluding hydrogens is 272 g/mol. The van der Waals surface area contributed by atoms with Crippen LogP contribution in [0, 0.1) is 0 Å². The van der Waals surface area contributed by atoms with E-state index in [4.69, 9.17) is 10.5 Å². The minimum Gasteiger partial charge on any atom is -0.495 e. The van der Waals surface area contributed by atoms with Crippen LogP contribution >= 0.6 is 11.8 Å². The molecule has 0 saturated heterocycles. The van der Waals surface area contributed by atoms with Gasteiger partial charge in [0.15, 0.2) is 0 Å². The monoisotopic (exact) mass is 288 g/mol. The molecule has 1 amide bonds. The first-order valence-corrected chi connectivity index (χ1v) is 7.09. The molecule has 0 spiro atoms. The van der Waals surface area contributed by atoms with Crippen molar-refractivity contribution in [1.82, 2.24) is 0 Å². The van der Waals surface area contributed by atoms with Crippen molar-refractivity contribution in [2.24, 2.45) is 0 Å². The van der Waals surface area contributed by atoms with Gasteiger partial charge in [0.05, 0.1) is 18.6 Å². The molecule has 20 heavy (non-hydrogen) atoms. The number of amides is 1. The van der Waals surface area contributed by atoms with Crippen LogP contribution < -0.4 is 15.8 Å². The normalized spacial score (nSPS) is 10.1. The standard InChI is InChI=1S/C15H16N2O2S/c1-19-13-8-4-3-7-12(13)17-15(18)10-20-14-9-5-2-6-11(14)16/h2-9H,10,16H2,1H3,(H,17,18). The predicted octanol–water partition coefficient (Wildman–Crippen LogP) is 3.01. The Morgan fingerprint density at radius 2 is 1.90 bits per heavy atom. The maximum Gasteiger partial charge on any atom is 0.234 e. The summed E-state index contributed by atoms with van der Waals surface area (Å²) in [5.74, 6) is 0.847. The lowest BCUT2D eigenvalue weighted by atomic mass is 10.3. The summed E-state index contributed by atoms with van der Waals surface area (Å²) in [6, 6.07) is 14.8. The van der Waals surface area contributed by atoms with Gasteiger partial charge in [-0.25, -0.2) is 0 Å². The number of nitrogens with two attached hydrogens (primary N) is 1. The van der Waals surface area contributed by atoms with E-state index in [0.717, 1.165) is 4.90 Å². The maximum absolute atomic E-state index is 11.9. The van der Waals surface area contributed by atoms with Crippen molar-refractivity contribution in [3.8, 4) is 5.75 Å². The average molecular weight is 288 g/mol. The van der Waals surface area contributed by atoms with Gasteiger partial charge >= 0.3 is 0 Å². The van der Waals surface area contributed by atoms with Crippen molar-refractivity contribution in [2.45, 2.75) is 4.90 Å². The molecule has 4 nitrogen and oxygen atoms in total. The fourth-order valence-electron chi connectivity index (χ4n) is 1.69. The molecule has 0 saturated carbocycles. The van der Waals surface area contributed by atoms with Crippen LogP contribution in [0.4, 0.5) is 11.4 Å². The van der Waals surface area contributed by atoms with Crippen LogP contribution in [-0.4, -0.2) is 18.8 Å². The quantitative estimate of drug-likeness (QED) is 0.655. The van der Waals surface area contributed by atoms with Crippen LogP contribution in [0.2, 0.25) is 0 Å². The van der Waals surface area contributed by atoms with E-state index in [1.807, 2.05) is 36.4 Å². The second kappa shape index (κ2) is 6.86. The Balaban J connectivity index is 1.95. The highest BCUT2D eigenvalue weighted by molar-refractivity contribution is 8.00. The average Bonchev–Trinajstić information content (AvgIpc) is 2.47. The molecule has 0 fully saturated rings. The topological polar surface area (TPSA) is 64.3 Å². The summed E-state index contributed by atoms with van der Waals surface area (Å²) in [6.45, 7) is 0. The highest BCUT2D eigenvalue weighted by Gasteiger charge is 2.08. The van der Waals surface area contributed by atoms with Gasteiger partial charge in [-0.2, -0.15) is 0 Å². The number of rotatable bonds is 5. The highest BCUT2D eigenvalue weighted by atomic mass is 32.2. The first-order valence-electron chi connectivity index (χ1n) is 6.11. The van der Waals surface area contributed by atoms with Gasteiger partial charge in [-0.05, 0) is 24.3 Å². The lowest BCUT2D eigenvalue weighted by molar-refractivity contribution is -0.113. The number of ether oxygens (including phenoxy) is 1. The van der Waals surface area contributed by atoms with Gasteiger partial charge in [-0.3, -0.25) is 4.79 Å². The minimum absolute atomic E-state index is 0.0947. The smallest absolute Gasteiger partial charge is 0.234 e. The molecule has 0 atom stereocenters. The van der Waals surface area contributed by atoms with Gasteiger partial charge in [0.2, 0.25) is 5.91 Å². The van der Waals surface area contributed by atoms with Crippen LogP contribution in [0.5, 0.6) is 5.75 Å². The second-order valence-electron chi connectivity index (χ2n) is 4.07. The Morgan fingerprint density at radius 1 is 1.20 bits per heavy atom. The lowest BCUT2D eigenvalue weighted by Gasteiger charge is -2.10. The molecule has 0 aliphatic carbocycles. The third-order valence-corrected chi connectivity index (χ3v) is 3.75. The van der Waals surface area contributed by atoms with Crippen LogP contribution in [0.25, 0.3) is 0 Å². The fraction of sp³-hybridized carbons (Fsp3) is 0.133. The molecule has 2 aromatic carbocycles. The molecular formula is C15H16N2O2S. The Hall–Kier alpha value is -2.14. The summed E-state index contributed by atoms with van der Waals surface area (Å²) < 4.78 is 5.19. The Labute approximate surface area is 122 Å². The predicted molar refractivity (Wildman–Crippen MR) is 83.2 cm³/mol. The molecule has 104 valence electrons. The van der Waals surface area contributed by atoms with E-state index in [1.54, 1.807) is 19.2 Å². The Morgan fingerprint density at radius 3 is 2.65 bits per heavy atom. The van der Waals surface area contributed by atoms with Crippen molar-refractivity contribution >= 4 is 29.0 Å². The van der Waals surface area contributed by atoms with Crippen molar-refractivity contribution in [3.05, 3.63) is 48.5 Å². The number of hydrogen-bond acceptors (Lipinski definition) is 4. The van der Waals surface area contributed by atoms with Gasteiger partial charge in [0, 0.05) is 10.6 Å². The number of carbonyl (C=O) groups excluding carboxylic acids is 1. The van der Waals surface area contributed by atoms with Crippen LogP contribution in [0.3, 0.4) is 0 Å². The fourth-order valence-corrected chi connectivity index (χ4v) is 2.46. The summed E-state index contributed by atoms with van der Waals surface area (Å²) in [5.41, 5.74) is 7.18. The van der Waals surface area contributed by atoms with Crippen molar-refractivity contribution in [3.63, 3.8) is 0 Å². The molecule has 0 aromatic heterocycles. The van der Waals surface area contributed by atoms with Crippen LogP contribution in [-0.2, 0) is 4.79 Å². The first-order chi connectivity index (χ1) is 9.70. The molecule has 2 rings (SSSR count). The maximum atomic E-state index is 11.9. The number of thioether (sulfide) groups is 1. The third-order valence-electron chi connectivity index (χ3n) is 2.66. The van der Waals surface area contributed by atoms with E-state index in [1.165, 1.54) is 11.8 Å². The summed E-state index contributed by atoms with van der Waals surface area (Å²) in [7, 11) is 1.57. The van der Waals surface area contributed by atoms with Crippen LogP contribution in [0.1, 0.15) is 0 Å². The van der Waals surface area contributed by atoms with E-state index in [-0.39, 0.29) is 5.91 Å². The zero-order chi connectivity index (χ0) is 14.4. The number of carbonyl (C=O) groups is 1. The Kier molecular flexibility index (Phi) is 4.90. The van der Waals surface area contributed by atoms with Gasteiger partial charge in [0.1, 0.15) is 5.75 Å². The Bertz CT molecular complexity index is 602. The molecule has 0 heterocycles. The number of anilines is 2. The zero-order valence-corrected chi connectivity index (χ0v) is 11.9. The van der Waals surface area contributed by atoms with Crippen LogP contribution in [0.15, 0.2) is 53.4 Å². The zero-order valence-electron chi connectivity index (χ0n) is 11.1. The SMILES string of the molecule is COc1ccccc1NC(=O)CSc1ccccc1N. The molecule has 5 heteroatoms. The summed E-state index contributed by atoms with van der Waals surface area (Å²) in [5, 5.41) is 2.83. The number of nitrogen functional groups attached to an aromatic ring is 1. The molecule has 0 unspecified atom stereocenters. The van der Waals surface area contributed by atoms with Gasteiger partial charge in [-0.1, -0.05) is 24.3 Å². The number of hydrogen-bond donors (Lipinski definition) is 2. The van der Waals surface area contributed by atoms with E-state index in [2.05, 4.69) is 5.32 Å². The molecule has 0 aliphatic heterocycles. The van der Waals surface area contributed by atoms with E-state index in [0.29, 0.717) is 22.9 Å². The van der Waals surface area contributed by atoms with Crippen molar-refractivity contribution in [2.75, 3.05) is 23.9 Å². The molecule has 0 bridgehead atoms. The van der Waals surface area contributed by atoms with E-state index >= 15 is 0 Å². The summed E-state index contributed by atoms with van der Waals surface area (Å²) in [4.78, 5) is 12.8. The number of nitrogens with one attached hydrogen (secondary N) is 1. The molecule has 0 radical (unpaired) electrons. The second-order valence-corrected chi connectivity index (χ2v) is 5.09. The van der Waals surface area contributed by atoms with Crippen molar-refractivity contribution < 1.29 is 9.53 Å². The molecule has 3 N–H and O–H groups in total. The molecule has 0 aliphatic rings. The van der Waals surface area contributed by atoms with E-state index < -0.39 is 0 Å².